The molecule has 0 aromatic heterocycles. The van der Waals surface area contributed by atoms with Gasteiger partial charge < -0.3 is 10.6 Å². The first-order valence-corrected chi connectivity index (χ1v) is 5.83. The van der Waals surface area contributed by atoms with E-state index >= 15 is 0 Å². The van der Waals surface area contributed by atoms with Gasteiger partial charge in [0.2, 0.25) is 5.91 Å². The number of carbonyl (C=O) groups excluding carboxylic acids is 1. The normalized spacial score (nSPS) is 26.7. The fraction of sp³-hybridized carbons (Fsp3) is 0.917. The summed E-state index contributed by atoms with van der Waals surface area (Å²) in [6.07, 6.45) is 2.97. The van der Waals surface area contributed by atoms with Gasteiger partial charge in [0.05, 0.1) is 0 Å². The van der Waals surface area contributed by atoms with Crippen molar-refractivity contribution in [2.75, 3.05) is 13.1 Å². The SMILES string of the molecule is CC(C)(C)CC(=O)NCC1(C)CCCN1. The average molecular weight is 212 g/mol. The lowest BCUT2D eigenvalue weighted by molar-refractivity contribution is -0.123. The van der Waals surface area contributed by atoms with Gasteiger partial charge in [-0.05, 0) is 31.7 Å². The molecule has 1 heterocycles. The molecule has 1 amide bonds. The molecule has 3 heteroatoms. The van der Waals surface area contributed by atoms with Crippen LogP contribution in [0.15, 0.2) is 0 Å². The molecule has 1 aliphatic rings. The molecule has 0 aromatic carbocycles. The molecule has 1 atom stereocenters. The first-order valence-electron chi connectivity index (χ1n) is 5.83. The van der Waals surface area contributed by atoms with Crippen molar-refractivity contribution in [1.82, 2.24) is 10.6 Å². The summed E-state index contributed by atoms with van der Waals surface area (Å²) < 4.78 is 0. The summed E-state index contributed by atoms with van der Waals surface area (Å²) in [5, 5.41) is 6.46. The van der Waals surface area contributed by atoms with Gasteiger partial charge in [0.25, 0.3) is 0 Å². The minimum Gasteiger partial charge on any atom is -0.354 e. The van der Waals surface area contributed by atoms with Gasteiger partial charge in [0, 0.05) is 18.5 Å². The topological polar surface area (TPSA) is 41.1 Å². The zero-order valence-corrected chi connectivity index (χ0v) is 10.4. The Bertz CT molecular complexity index is 224. The summed E-state index contributed by atoms with van der Waals surface area (Å²) in [5.41, 5.74) is 0.196. The highest BCUT2D eigenvalue weighted by molar-refractivity contribution is 5.76. The molecular weight excluding hydrogens is 188 g/mol. The van der Waals surface area contributed by atoms with Crippen LogP contribution in [0, 0.1) is 5.41 Å². The monoisotopic (exact) mass is 212 g/mol. The van der Waals surface area contributed by atoms with E-state index in [-0.39, 0.29) is 16.9 Å². The Morgan fingerprint density at radius 1 is 1.47 bits per heavy atom. The van der Waals surface area contributed by atoms with Gasteiger partial charge >= 0.3 is 0 Å². The van der Waals surface area contributed by atoms with Crippen molar-refractivity contribution in [3.63, 3.8) is 0 Å². The van der Waals surface area contributed by atoms with Crippen LogP contribution in [0.1, 0.15) is 47.0 Å². The second-order valence-corrected chi connectivity index (χ2v) is 6.11. The molecule has 0 aromatic rings. The van der Waals surface area contributed by atoms with Crippen LogP contribution in [0.25, 0.3) is 0 Å². The molecular formula is C12H24N2O. The van der Waals surface area contributed by atoms with Crippen LogP contribution in [-0.2, 0) is 4.79 Å². The third kappa shape index (κ3) is 4.65. The molecule has 15 heavy (non-hydrogen) atoms. The number of nitrogens with one attached hydrogen (secondary N) is 2. The molecule has 0 bridgehead atoms. The lowest BCUT2D eigenvalue weighted by atomic mass is 9.91. The first-order chi connectivity index (χ1) is 6.81. The number of hydrogen-bond donors (Lipinski definition) is 2. The highest BCUT2D eigenvalue weighted by atomic mass is 16.1. The predicted octanol–water partition coefficient (Wildman–Crippen LogP) is 1.68. The first kappa shape index (κ1) is 12.5. The molecule has 88 valence electrons. The zero-order valence-electron chi connectivity index (χ0n) is 10.4. The van der Waals surface area contributed by atoms with Crippen molar-refractivity contribution in [1.29, 1.82) is 0 Å². The predicted molar refractivity (Wildman–Crippen MR) is 62.7 cm³/mol. The highest BCUT2D eigenvalue weighted by Crippen LogP contribution is 2.19. The molecule has 1 fully saturated rings. The molecule has 1 unspecified atom stereocenters. The standard InChI is InChI=1S/C12H24N2O/c1-11(2,3)8-10(15)13-9-12(4)6-5-7-14-12/h14H,5-9H2,1-4H3,(H,13,15). The van der Waals surface area contributed by atoms with Crippen molar-refractivity contribution in [2.24, 2.45) is 5.41 Å². The van der Waals surface area contributed by atoms with Crippen molar-refractivity contribution in [3.8, 4) is 0 Å². The summed E-state index contributed by atoms with van der Waals surface area (Å²) in [6, 6.07) is 0. The smallest absolute Gasteiger partial charge is 0.220 e. The fourth-order valence-electron chi connectivity index (χ4n) is 1.95. The number of rotatable bonds is 3. The average Bonchev–Trinajstić information content (AvgIpc) is 2.47. The quantitative estimate of drug-likeness (QED) is 0.747. The minimum absolute atomic E-state index is 0.0775. The summed E-state index contributed by atoms with van der Waals surface area (Å²) >= 11 is 0. The van der Waals surface area contributed by atoms with Gasteiger partial charge in [-0.2, -0.15) is 0 Å². The second-order valence-electron chi connectivity index (χ2n) is 6.11. The molecule has 1 aliphatic heterocycles. The maximum absolute atomic E-state index is 11.6. The minimum atomic E-state index is 0.0775. The van der Waals surface area contributed by atoms with E-state index in [1.807, 2.05) is 0 Å². The maximum atomic E-state index is 11.6. The van der Waals surface area contributed by atoms with Crippen molar-refractivity contribution in [3.05, 3.63) is 0 Å². The van der Waals surface area contributed by atoms with E-state index < -0.39 is 0 Å². The Morgan fingerprint density at radius 2 is 2.13 bits per heavy atom. The van der Waals surface area contributed by atoms with Crippen LogP contribution < -0.4 is 10.6 Å². The van der Waals surface area contributed by atoms with E-state index in [4.69, 9.17) is 0 Å². The molecule has 2 N–H and O–H groups in total. The largest absolute Gasteiger partial charge is 0.354 e. The number of carbonyl (C=O) groups is 1. The van der Waals surface area contributed by atoms with Crippen LogP contribution in [0.3, 0.4) is 0 Å². The van der Waals surface area contributed by atoms with Gasteiger partial charge in [-0.1, -0.05) is 20.8 Å². The zero-order chi connectivity index (χ0) is 11.5. The van der Waals surface area contributed by atoms with Gasteiger partial charge in [-0.15, -0.1) is 0 Å². The molecule has 1 rings (SSSR count). The van der Waals surface area contributed by atoms with E-state index in [0.717, 1.165) is 19.5 Å². The Labute approximate surface area is 93.0 Å². The van der Waals surface area contributed by atoms with E-state index in [9.17, 15) is 4.79 Å². The van der Waals surface area contributed by atoms with E-state index in [1.54, 1.807) is 0 Å². The maximum Gasteiger partial charge on any atom is 0.220 e. The summed E-state index contributed by atoms with van der Waals surface area (Å²) in [5.74, 6) is 0.164. The summed E-state index contributed by atoms with van der Waals surface area (Å²) in [7, 11) is 0. The number of hydrogen-bond acceptors (Lipinski definition) is 2. The van der Waals surface area contributed by atoms with Crippen LogP contribution in [0.4, 0.5) is 0 Å². The third-order valence-corrected chi connectivity index (χ3v) is 2.82. The van der Waals surface area contributed by atoms with Gasteiger partial charge in [-0.25, -0.2) is 0 Å². The van der Waals surface area contributed by atoms with Crippen LogP contribution in [0.2, 0.25) is 0 Å². The molecule has 0 radical (unpaired) electrons. The number of amides is 1. The van der Waals surface area contributed by atoms with E-state index in [1.165, 1.54) is 6.42 Å². The Morgan fingerprint density at radius 3 is 2.60 bits per heavy atom. The van der Waals surface area contributed by atoms with Crippen LogP contribution in [0.5, 0.6) is 0 Å². The lowest BCUT2D eigenvalue weighted by Crippen LogP contribution is -2.47. The van der Waals surface area contributed by atoms with Gasteiger partial charge in [-0.3, -0.25) is 4.79 Å². The van der Waals surface area contributed by atoms with Gasteiger partial charge in [0.15, 0.2) is 0 Å². The van der Waals surface area contributed by atoms with Crippen molar-refractivity contribution < 1.29 is 4.79 Å². The molecule has 0 spiro atoms. The van der Waals surface area contributed by atoms with E-state index in [2.05, 4.69) is 38.3 Å². The van der Waals surface area contributed by atoms with E-state index in [0.29, 0.717) is 6.42 Å². The lowest BCUT2D eigenvalue weighted by Gasteiger charge is -2.26. The second kappa shape index (κ2) is 4.52. The molecule has 1 saturated heterocycles. The van der Waals surface area contributed by atoms with Crippen molar-refractivity contribution in [2.45, 2.75) is 52.5 Å². The fourth-order valence-corrected chi connectivity index (χ4v) is 1.95. The van der Waals surface area contributed by atoms with Gasteiger partial charge in [0.1, 0.15) is 0 Å². The Hall–Kier alpha value is -0.570. The van der Waals surface area contributed by atoms with Crippen LogP contribution >= 0.6 is 0 Å². The van der Waals surface area contributed by atoms with Crippen molar-refractivity contribution >= 4 is 5.91 Å². The molecule has 0 saturated carbocycles. The Balaban J connectivity index is 2.28. The highest BCUT2D eigenvalue weighted by Gasteiger charge is 2.28. The third-order valence-electron chi connectivity index (χ3n) is 2.82. The summed E-state index contributed by atoms with van der Waals surface area (Å²) in [4.78, 5) is 11.6. The molecule has 0 aliphatic carbocycles. The molecule has 3 nitrogen and oxygen atoms in total. The summed E-state index contributed by atoms with van der Waals surface area (Å²) in [6.45, 7) is 10.3. The van der Waals surface area contributed by atoms with Crippen LogP contribution in [-0.4, -0.2) is 24.5 Å². The Kier molecular flexibility index (Phi) is 3.77.